The van der Waals surface area contributed by atoms with E-state index in [1.807, 2.05) is 52.3 Å². The fourth-order valence-corrected chi connectivity index (χ4v) is 4.27. The second-order valence-corrected chi connectivity index (χ2v) is 8.13. The number of nitrogens with zero attached hydrogens (tertiary/aromatic N) is 2. The van der Waals surface area contributed by atoms with E-state index in [-0.39, 0.29) is 11.8 Å². The first-order chi connectivity index (χ1) is 14.5. The van der Waals surface area contributed by atoms with Gasteiger partial charge in [0.05, 0.1) is 0 Å². The summed E-state index contributed by atoms with van der Waals surface area (Å²) in [5.74, 6) is 0.224. The quantitative estimate of drug-likeness (QED) is 0.652. The Balaban J connectivity index is 1.35. The SMILES string of the molecule is Cc1ccc(CCC(=O)N2CCN(C(=O)c3cccc4ccccc34)CC2)c(C)c1. The first kappa shape index (κ1) is 20.1. The van der Waals surface area contributed by atoms with E-state index in [1.165, 1.54) is 16.7 Å². The molecule has 0 spiro atoms. The molecule has 3 aromatic carbocycles. The number of carbonyl (C=O) groups is 2. The molecule has 30 heavy (non-hydrogen) atoms. The smallest absolute Gasteiger partial charge is 0.254 e. The Kier molecular flexibility index (Phi) is 5.84. The number of fused-ring (bicyclic) bond motifs is 1. The van der Waals surface area contributed by atoms with Crippen molar-refractivity contribution >= 4 is 22.6 Å². The maximum atomic E-state index is 13.1. The lowest BCUT2D eigenvalue weighted by Crippen LogP contribution is -2.50. The number of rotatable bonds is 4. The van der Waals surface area contributed by atoms with Crippen molar-refractivity contribution in [3.05, 3.63) is 82.9 Å². The topological polar surface area (TPSA) is 40.6 Å². The third-order valence-corrected chi connectivity index (χ3v) is 6.05. The lowest BCUT2D eigenvalue weighted by molar-refractivity contribution is -0.132. The van der Waals surface area contributed by atoms with Crippen molar-refractivity contribution in [3.63, 3.8) is 0 Å². The molecule has 0 saturated carbocycles. The second-order valence-electron chi connectivity index (χ2n) is 8.13. The summed E-state index contributed by atoms with van der Waals surface area (Å²) >= 11 is 0. The molecule has 0 unspecified atom stereocenters. The maximum Gasteiger partial charge on any atom is 0.254 e. The normalized spacial score (nSPS) is 14.2. The molecular weight excluding hydrogens is 372 g/mol. The van der Waals surface area contributed by atoms with Gasteiger partial charge in [0.1, 0.15) is 0 Å². The highest BCUT2D eigenvalue weighted by atomic mass is 16.2. The predicted molar refractivity (Wildman–Crippen MR) is 121 cm³/mol. The summed E-state index contributed by atoms with van der Waals surface area (Å²) in [4.78, 5) is 29.6. The van der Waals surface area contributed by atoms with Crippen LogP contribution in [0.5, 0.6) is 0 Å². The fourth-order valence-electron chi connectivity index (χ4n) is 4.27. The van der Waals surface area contributed by atoms with Gasteiger partial charge < -0.3 is 9.80 Å². The van der Waals surface area contributed by atoms with E-state index in [0.717, 1.165) is 22.8 Å². The number of benzene rings is 3. The predicted octanol–water partition coefficient (Wildman–Crippen LogP) is 4.37. The van der Waals surface area contributed by atoms with Gasteiger partial charge in [-0.15, -0.1) is 0 Å². The van der Waals surface area contributed by atoms with Crippen molar-refractivity contribution < 1.29 is 9.59 Å². The Morgan fingerprint density at radius 2 is 1.53 bits per heavy atom. The Bertz CT molecular complexity index is 1080. The monoisotopic (exact) mass is 400 g/mol. The van der Waals surface area contributed by atoms with Crippen LogP contribution in [0.25, 0.3) is 10.8 Å². The number of amides is 2. The number of hydrogen-bond acceptors (Lipinski definition) is 2. The molecule has 0 N–H and O–H groups in total. The first-order valence-electron chi connectivity index (χ1n) is 10.6. The minimum atomic E-state index is 0.0502. The molecule has 1 heterocycles. The van der Waals surface area contributed by atoms with Gasteiger partial charge in [0.25, 0.3) is 5.91 Å². The van der Waals surface area contributed by atoms with Crippen LogP contribution in [0.15, 0.2) is 60.7 Å². The molecule has 1 aliphatic heterocycles. The highest BCUT2D eigenvalue weighted by molar-refractivity contribution is 6.07. The molecular formula is C26H28N2O2. The number of piperazine rings is 1. The molecule has 0 atom stereocenters. The van der Waals surface area contributed by atoms with Gasteiger partial charge in [-0.3, -0.25) is 9.59 Å². The second kappa shape index (κ2) is 8.70. The van der Waals surface area contributed by atoms with Crippen LogP contribution in [0, 0.1) is 13.8 Å². The molecule has 4 nitrogen and oxygen atoms in total. The Morgan fingerprint density at radius 1 is 0.833 bits per heavy atom. The van der Waals surface area contributed by atoms with E-state index in [1.54, 1.807) is 0 Å². The van der Waals surface area contributed by atoms with E-state index in [0.29, 0.717) is 32.6 Å². The van der Waals surface area contributed by atoms with E-state index in [4.69, 9.17) is 0 Å². The van der Waals surface area contributed by atoms with Gasteiger partial charge in [-0.2, -0.15) is 0 Å². The molecule has 4 heteroatoms. The molecule has 0 radical (unpaired) electrons. The molecule has 1 saturated heterocycles. The molecule has 154 valence electrons. The lowest BCUT2D eigenvalue weighted by Gasteiger charge is -2.35. The minimum Gasteiger partial charge on any atom is -0.339 e. The van der Waals surface area contributed by atoms with Gasteiger partial charge in [0, 0.05) is 38.2 Å². The van der Waals surface area contributed by atoms with Gasteiger partial charge in [-0.1, -0.05) is 60.2 Å². The lowest BCUT2D eigenvalue weighted by atomic mass is 10.0. The van der Waals surface area contributed by atoms with Crippen LogP contribution in [0.4, 0.5) is 0 Å². The highest BCUT2D eigenvalue weighted by Crippen LogP contribution is 2.21. The van der Waals surface area contributed by atoms with Crippen LogP contribution in [0.3, 0.4) is 0 Å². The fraction of sp³-hybridized carbons (Fsp3) is 0.308. The summed E-state index contributed by atoms with van der Waals surface area (Å²) in [6.07, 6.45) is 1.28. The van der Waals surface area contributed by atoms with Crippen molar-refractivity contribution in [1.82, 2.24) is 9.80 Å². The molecule has 1 fully saturated rings. The summed E-state index contributed by atoms with van der Waals surface area (Å²) < 4.78 is 0. The Morgan fingerprint density at radius 3 is 2.30 bits per heavy atom. The van der Waals surface area contributed by atoms with Gasteiger partial charge in [-0.05, 0) is 48.2 Å². The number of carbonyl (C=O) groups excluding carboxylic acids is 2. The Labute approximate surface area is 178 Å². The van der Waals surface area contributed by atoms with Gasteiger partial charge in [0.15, 0.2) is 0 Å². The van der Waals surface area contributed by atoms with Crippen LogP contribution < -0.4 is 0 Å². The number of aryl methyl sites for hydroxylation is 3. The molecule has 3 aromatic rings. The van der Waals surface area contributed by atoms with Gasteiger partial charge in [-0.25, -0.2) is 0 Å². The van der Waals surface area contributed by atoms with Crippen LogP contribution >= 0.6 is 0 Å². The molecule has 0 bridgehead atoms. The van der Waals surface area contributed by atoms with Crippen molar-refractivity contribution in [3.8, 4) is 0 Å². The summed E-state index contributed by atoms with van der Waals surface area (Å²) in [5.41, 5.74) is 4.46. The molecule has 2 amide bonds. The van der Waals surface area contributed by atoms with Crippen LogP contribution in [0.2, 0.25) is 0 Å². The van der Waals surface area contributed by atoms with Crippen molar-refractivity contribution in [2.45, 2.75) is 26.7 Å². The van der Waals surface area contributed by atoms with Crippen LogP contribution in [0.1, 0.15) is 33.5 Å². The average Bonchev–Trinajstić information content (AvgIpc) is 2.77. The number of hydrogen-bond donors (Lipinski definition) is 0. The van der Waals surface area contributed by atoms with E-state index < -0.39 is 0 Å². The Hall–Kier alpha value is -3.14. The van der Waals surface area contributed by atoms with Crippen LogP contribution in [-0.2, 0) is 11.2 Å². The summed E-state index contributed by atoms with van der Waals surface area (Å²) in [7, 11) is 0. The zero-order valence-electron chi connectivity index (χ0n) is 17.7. The summed E-state index contributed by atoms with van der Waals surface area (Å²) in [5, 5.41) is 2.06. The van der Waals surface area contributed by atoms with Crippen LogP contribution in [-0.4, -0.2) is 47.8 Å². The maximum absolute atomic E-state index is 13.1. The van der Waals surface area contributed by atoms with Crippen molar-refractivity contribution in [2.75, 3.05) is 26.2 Å². The zero-order chi connectivity index (χ0) is 21.1. The van der Waals surface area contributed by atoms with Gasteiger partial charge in [0.2, 0.25) is 5.91 Å². The minimum absolute atomic E-state index is 0.0502. The highest BCUT2D eigenvalue weighted by Gasteiger charge is 2.25. The van der Waals surface area contributed by atoms with E-state index >= 15 is 0 Å². The zero-order valence-corrected chi connectivity index (χ0v) is 17.7. The first-order valence-corrected chi connectivity index (χ1v) is 10.6. The average molecular weight is 401 g/mol. The standard InChI is InChI=1S/C26H28N2O2/c1-19-10-11-21(20(2)18-19)12-13-25(29)27-14-16-28(17-15-27)26(30)24-9-5-7-22-6-3-4-8-23(22)24/h3-11,18H,12-17H2,1-2H3. The largest absolute Gasteiger partial charge is 0.339 e. The van der Waals surface area contributed by atoms with Gasteiger partial charge >= 0.3 is 0 Å². The van der Waals surface area contributed by atoms with Crippen molar-refractivity contribution in [1.29, 1.82) is 0 Å². The summed E-state index contributed by atoms with van der Waals surface area (Å²) in [6.45, 7) is 6.55. The molecule has 0 aromatic heterocycles. The molecule has 1 aliphatic rings. The van der Waals surface area contributed by atoms with E-state index in [9.17, 15) is 9.59 Å². The third kappa shape index (κ3) is 4.23. The molecule has 4 rings (SSSR count). The van der Waals surface area contributed by atoms with E-state index in [2.05, 4.69) is 32.0 Å². The molecule has 0 aliphatic carbocycles. The summed E-state index contributed by atoms with van der Waals surface area (Å²) in [6, 6.07) is 20.2. The van der Waals surface area contributed by atoms with Crippen molar-refractivity contribution in [2.24, 2.45) is 0 Å². The third-order valence-electron chi connectivity index (χ3n) is 6.05.